The maximum atomic E-state index is 5.88. The van der Waals surface area contributed by atoms with Crippen LogP contribution in [-0.4, -0.2) is 17.3 Å². The SMILES string of the molecule is COc1ccc(Br)cc1CSc1nnc(-c2ccc(Cl)cc2)o1. The fraction of sp³-hybridized carbons (Fsp3) is 0.125. The molecule has 0 atom stereocenters. The van der Waals surface area contributed by atoms with E-state index in [0.29, 0.717) is 21.9 Å². The smallest absolute Gasteiger partial charge is 0.277 e. The third-order valence-corrected chi connectivity index (χ3v) is 4.70. The minimum absolute atomic E-state index is 0.477. The fourth-order valence-corrected chi connectivity index (χ4v) is 3.25. The number of benzene rings is 2. The normalized spacial score (nSPS) is 10.7. The zero-order chi connectivity index (χ0) is 16.2. The van der Waals surface area contributed by atoms with E-state index in [1.165, 1.54) is 11.8 Å². The van der Waals surface area contributed by atoms with Gasteiger partial charge in [0.1, 0.15) is 5.75 Å². The molecule has 0 bridgehead atoms. The summed E-state index contributed by atoms with van der Waals surface area (Å²) in [6, 6.07) is 13.2. The van der Waals surface area contributed by atoms with Gasteiger partial charge in [0.25, 0.3) is 5.22 Å². The average molecular weight is 412 g/mol. The zero-order valence-electron chi connectivity index (χ0n) is 12.1. The van der Waals surface area contributed by atoms with Crippen molar-refractivity contribution in [2.75, 3.05) is 7.11 Å². The molecule has 0 aliphatic heterocycles. The van der Waals surface area contributed by atoms with E-state index in [2.05, 4.69) is 26.1 Å². The lowest BCUT2D eigenvalue weighted by atomic mass is 10.2. The summed E-state index contributed by atoms with van der Waals surface area (Å²) in [6.45, 7) is 0. The van der Waals surface area contributed by atoms with E-state index in [1.54, 1.807) is 19.2 Å². The monoisotopic (exact) mass is 410 g/mol. The molecule has 0 spiro atoms. The van der Waals surface area contributed by atoms with Crippen LogP contribution in [-0.2, 0) is 5.75 Å². The molecule has 0 N–H and O–H groups in total. The minimum Gasteiger partial charge on any atom is -0.496 e. The zero-order valence-corrected chi connectivity index (χ0v) is 15.3. The number of hydrogen-bond acceptors (Lipinski definition) is 5. The van der Waals surface area contributed by atoms with Crippen molar-refractivity contribution in [3.8, 4) is 17.2 Å². The quantitative estimate of drug-likeness (QED) is 0.522. The summed E-state index contributed by atoms with van der Waals surface area (Å²) >= 11 is 10.8. The molecule has 0 saturated heterocycles. The molecular formula is C16H12BrClN2O2S. The Morgan fingerprint density at radius 3 is 2.70 bits per heavy atom. The topological polar surface area (TPSA) is 48.2 Å². The Morgan fingerprint density at radius 2 is 1.96 bits per heavy atom. The molecule has 118 valence electrons. The van der Waals surface area contributed by atoms with Crippen LogP contribution in [0.1, 0.15) is 5.56 Å². The van der Waals surface area contributed by atoms with E-state index in [1.807, 2.05) is 30.3 Å². The molecule has 0 saturated carbocycles. The second kappa shape index (κ2) is 7.38. The summed E-state index contributed by atoms with van der Waals surface area (Å²) < 4.78 is 12.0. The van der Waals surface area contributed by atoms with Crippen molar-refractivity contribution in [2.24, 2.45) is 0 Å². The molecule has 23 heavy (non-hydrogen) atoms. The molecule has 7 heteroatoms. The molecular weight excluding hydrogens is 400 g/mol. The van der Waals surface area contributed by atoms with Gasteiger partial charge in [0.05, 0.1) is 7.11 Å². The van der Waals surface area contributed by atoms with Gasteiger partial charge in [-0.05, 0) is 42.5 Å². The third kappa shape index (κ3) is 4.07. The van der Waals surface area contributed by atoms with Gasteiger partial charge in [-0.1, -0.05) is 39.3 Å². The van der Waals surface area contributed by atoms with Crippen molar-refractivity contribution in [1.29, 1.82) is 0 Å². The summed E-state index contributed by atoms with van der Waals surface area (Å²) in [6.07, 6.45) is 0. The molecule has 0 aliphatic carbocycles. The van der Waals surface area contributed by atoms with Gasteiger partial charge < -0.3 is 9.15 Å². The van der Waals surface area contributed by atoms with Crippen molar-refractivity contribution >= 4 is 39.3 Å². The van der Waals surface area contributed by atoms with Crippen LogP contribution in [0.2, 0.25) is 5.02 Å². The first-order valence-electron chi connectivity index (χ1n) is 6.70. The number of thioether (sulfide) groups is 1. The largest absolute Gasteiger partial charge is 0.496 e. The maximum Gasteiger partial charge on any atom is 0.277 e. The van der Waals surface area contributed by atoms with E-state index in [-0.39, 0.29) is 0 Å². The van der Waals surface area contributed by atoms with Crippen molar-refractivity contribution in [1.82, 2.24) is 10.2 Å². The van der Waals surface area contributed by atoms with E-state index < -0.39 is 0 Å². The number of aromatic nitrogens is 2. The Hall–Kier alpha value is -1.50. The van der Waals surface area contributed by atoms with Gasteiger partial charge in [0, 0.05) is 26.4 Å². The molecule has 0 unspecified atom stereocenters. The first-order chi connectivity index (χ1) is 11.2. The van der Waals surface area contributed by atoms with Crippen LogP contribution in [0.15, 0.2) is 56.6 Å². The van der Waals surface area contributed by atoms with Gasteiger partial charge in [-0.25, -0.2) is 0 Å². The first-order valence-corrected chi connectivity index (χ1v) is 8.86. The second-order valence-corrected chi connectivity index (χ2v) is 6.90. The van der Waals surface area contributed by atoms with Crippen molar-refractivity contribution in [3.05, 3.63) is 57.5 Å². The number of ether oxygens (including phenoxy) is 1. The van der Waals surface area contributed by atoms with Crippen LogP contribution in [0.3, 0.4) is 0 Å². The highest BCUT2D eigenvalue weighted by molar-refractivity contribution is 9.10. The molecule has 3 aromatic rings. The van der Waals surface area contributed by atoms with E-state index >= 15 is 0 Å². The lowest BCUT2D eigenvalue weighted by Gasteiger charge is -2.07. The van der Waals surface area contributed by atoms with Crippen LogP contribution in [0, 0.1) is 0 Å². The highest BCUT2D eigenvalue weighted by Crippen LogP contribution is 2.31. The first kappa shape index (κ1) is 16.4. The predicted molar refractivity (Wildman–Crippen MR) is 95.0 cm³/mol. The van der Waals surface area contributed by atoms with Gasteiger partial charge in [-0.3, -0.25) is 0 Å². The highest BCUT2D eigenvalue weighted by Gasteiger charge is 2.11. The Kier molecular flexibility index (Phi) is 5.25. The number of hydrogen-bond donors (Lipinski definition) is 0. The molecule has 0 radical (unpaired) electrons. The van der Waals surface area contributed by atoms with Gasteiger partial charge >= 0.3 is 0 Å². The van der Waals surface area contributed by atoms with E-state index in [0.717, 1.165) is 21.3 Å². The summed E-state index contributed by atoms with van der Waals surface area (Å²) in [7, 11) is 1.66. The van der Waals surface area contributed by atoms with Crippen LogP contribution in [0.25, 0.3) is 11.5 Å². The maximum absolute atomic E-state index is 5.88. The minimum atomic E-state index is 0.477. The molecule has 1 aromatic heterocycles. The Morgan fingerprint density at radius 1 is 1.17 bits per heavy atom. The molecule has 0 aliphatic rings. The van der Waals surface area contributed by atoms with Gasteiger partial charge in [0.2, 0.25) is 5.89 Å². The van der Waals surface area contributed by atoms with Crippen LogP contribution >= 0.6 is 39.3 Å². The lowest BCUT2D eigenvalue weighted by molar-refractivity contribution is 0.411. The standard InChI is InChI=1S/C16H12BrClN2O2S/c1-21-14-7-4-12(17)8-11(14)9-23-16-20-19-15(22-16)10-2-5-13(18)6-3-10/h2-8H,9H2,1H3. The van der Waals surface area contributed by atoms with E-state index in [9.17, 15) is 0 Å². The van der Waals surface area contributed by atoms with E-state index in [4.69, 9.17) is 20.8 Å². The highest BCUT2D eigenvalue weighted by atomic mass is 79.9. The lowest BCUT2D eigenvalue weighted by Crippen LogP contribution is -1.90. The molecule has 0 fully saturated rings. The Labute approximate surface area is 151 Å². The number of nitrogens with zero attached hydrogens (tertiary/aromatic N) is 2. The summed E-state index contributed by atoms with van der Waals surface area (Å²) in [4.78, 5) is 0. The van der Waals surface area contributed by atoms with Crippen LogP contribution in [0.4, 0.5) is 0 Å². The average Bonchev–Trinajstić information content (AvgIpc) is 3.03. The number of halogens is 2. The predicted octanol–water partition coefficient (Wildman–Crippen LogP) is 5.45. The molecule has 4 nitrogen and oxygen atoms in total. The molecule has 0 amide bonds. The Bertz CT molecular complexity index is 808. The summed E-state index contributed by atoms with van der Waals surface area (Å²) in [5.74, 6) is 1.98. The van der Waals surface area contributed by atoms with Crippen molar-refractivity contribution in [2.45, 2.75) is 11.0 Å². The number of rotatable bonds is 5. The molecule has 2 aromatic carbocycles. The third-order valence-electron chi connectivity index (χ3n) is 3.09. The summed E-state index contributed by atoms with van der Waals surface area (Å²) in [5.41, 5.74) is 1.90. The fourth-order valence-electron chi connectivity index (χ4n) is 1.98. The van der Waals surface area contributed by atoms with Gasteiger partial charge in [0.15, 0.2) is 0 Å². The molecule has 1 heterocycles. The van der Waals surface area contributed by atoms with Crippen LogP contribution < -0.4 is 4.74 Å². The van der Waals surface area contributed by atoms with Gasteiger partial charge in [-0.15, -0.1) is 10.2 Å². The molecule has 3 rings (SSSR count). The summed E-state index contributed by atoms with van der Waals surface area (Å²) in [5, 5.41) is 9.32. The van der Waals surface area contributed by atoms with Crippen LogP contribution in [0.5, 0.6) is 5.75 Å². The van der Waals surface area contributed by atoms with Crippen molar-refractivity contribution < 1.29 is 9.15 Å². The van der Waals surface area contributed by atoms with Gasteiger partial charge in [-0.2, -0.15) is 0 Å². The Balaban J connectivity index is 1.72. The number of methoxy groups -OCH3 is 1. The second-order valence-electron chi connectivity index (χ2n) is 4.62. The van der Waals surface area contributed by atoms with Crippen molar-refractivity contribution in [3.63, 3.8) is 0 Å².